The predicted molar refractivity (Wildman–Crippen MR) is 77.5 cm³/mol. The van der Waals surface area contributed by atoms with Gasteiger partial charge in [0, 0.05) is 25.2 Å². The monoisotopic (exact) mass is 292 g/mol. The minimum absolute atomic E-state index is 0.0151. The van der Waals surface area contributed by atoms with Crippen molar-refractivity contribution in [3.63, 3.8) is 0 Å². The zero-order chi connectivity index (χ0) is 15.4. The number of rotatable bonds is 4. The lowest BCUT2D eigenvalue weighted by Crippen LogP contribution is -2.56. The Morgan fingerprint density at radius 2 is 2.19 bits per heavy atom. The average molecular weight is 292 g/mol. The SMILES string of the molecule is CC(C)Oc1cccc(C(=O)N2CCNCC2C(=O)O)c1. The number of carbonyl (C=O) groups excluding carboxylic acids is 1. The fraction of sp³-hybridized carbons (Fsp3) is 0.467. The Balaban J connectivity index is 2.20. The van der Waals surface area contributed by atoms with Gasteiger partial charge in [-0.25, -0.2) is 4.79 Å². The predicted octanol–water partition coefficient (Wildman–Crippen LogP) is 0.972. The minimum Gasteiger partial charge on any atom is -0.491 e. The molecule has 1 amide bonds. The molecule has 21 heavy (non-hydrogen) atoms. The van der Waals surface area contributed by atoms with Crippen LogP contribution in [0.5, 0.6) is 5.75 Å². The summed E-state index contributed by atoms with van der Waals surface area (Å²) in [6.45, 7) is 5.06. The summed E-state index contributed by atoms with van der Waals surface area (Å²) >= 11 is 0. The Morgan fingerprint density at radius 3 is 2.86 bits per heavy atom. The molecule has 1 aromatic carbocycles. The number of aliphatic carboxylic acids is 1. The van der Waals surface area contributed by atoms with Gasteiger partial charge in [0.05, 0.1) is 6.10 Å². The quantitative estimate of drug-likeness (QED) is 0.864. The molecule has 1 heterocycles. The highest BCUT2D eigenvalue weighted by Crippen LogP contribution is 2.18. The fourth-order valence-electron chi connectivity index (χ4n) is 2.31. The summed E-state index contributed by atoms with van der Waals surface area (Å²) in [7, 11) is 0. The molecule has 0 radical (unpaired) electrons. The zero-order valence-corrected chi connectivity index (χ0v) is 12.2. The third kappa shape index (κ3) is 3.72. The lowest BCUT2D eigenvalue weighted by atomic mass is 10.1. The van der Waals surface area contributed by atoms with Crippen LogP contribution in [0.2, 0.25) is 0 Å². The number of ether oxygens (including phenoxy) is 1. The van der Waals surface area contributed by atoms with E-state index < -0.39 is 12.0 Å². The fourth-order valence-corrected chi connectivity index (χ4v) is 2.31. The number of hydrogen-bond donors (Lipinski definition) is 2. The topological polar surface area (TPSA) is 78.9 Å². The van der Waals surface area contributed by atoms with Gasteiger partial charge in [-0.2, -0.15) is 0 Å². The van der Waals surface area contributed by atoms with Crippen molar-refractivity contribution in [1.29, 1.82) is 0 Å². The van der Waals surface area contributed by atoms with E-state index >= 15 is 0 Å². The van der Waals surface area contributed by atoms with Crippen molar-refractivity contribution in [2.24, 2.45) is 0 Å². The molecule has 0 bridgehead atoms. The van der Waals surface area contributed by atoms with Crippen molar-refractivity contribution in [3.8, 4) is 5.75 Å². The van der Waals surface area contributed by atoms with Crippen LogP contribution >= 0.6 is 0 Å². The Labute approximate surface area is 123 Å². The normalized spacial score (nSPS) is 18.6. The molecule has 0 aromatic heterocycles. The van der Waals surface area contributed by atoms with Gasteiger partial charge in [0.1, 0.15) is 11.8 Å². The van der Waals surface area contributed by atoms with Crippen LogP contribution in [-0.2, 0) is 4.79 Å². The molecule has 6 nitrogen and oxygen atoms in total. The third-order valence-corrected chi connectivity index (χ3v) is 3.24. The molecule has 2 N–H and O–H groups in total. The smallest absolute Gasteiger partial charge is 0.327 e. The van der Waals surface area contributed by atoms with Crippen molar-refractivity contribution in [3.05, 3.63) is 29.8 Å². The van der Waals surface area contributed by atoms with E-state index in [4.69, 9.17) is 4.74 Å². The minimum atomic E-state index is -0.995. The average Bonchev–Trinajstić information content (AvgIpc) is 2.46. The van der Waals surface area contributed by atoms with Crippen LogP contribution in [0.3, 0.4) is 0 Å². The van der Waals surface area contributed by atoms with Crippen molar-refractivity contribution in [1.82, 2.24) is 10.2 Å². The van der Waals surface area contributed by atoms with E-state index in [1.807, 2.05) is 13.8 Å². The van der Waals surface area contributed by atoms with Gasteiger partial charge in [0.15, 0.2) is 0 Å². The first-order chi connectivity index (χ1) is 9.99. The molecule has 1 aliphatic heterocycles. The Hall–Kier alpha value is -2.08. The van der Waals surface area contributed by atoms with Crippen LogP contribution < -0.4 is 10.1 Å². The van der Waals surface area contributed by atoms with E-state index in [2.05, 4.69) is 5.32 Å². The highest BCUT2D eigenvalue weighted by Gasteiger charge is 2.32. The first-order valence-electron chi connectivity index (χ1n) is 7.00. The molecule has 2 rings (SSSR count). The van der Waals surface area contributed by atoms with Gasteiger partial charge in [0.25, 0.3) is 5.91 Å². The summed E-state index contributed by atoms with van der Waals surface area (Å²) in [5.74, 6) is -0.666. The Bertz CT molecular complexity index is 530. The molecule has 0 spiro atoms. The number of amides is 1. The van der Waals surface area contributed by atoms with Gasteiger partial charge in [-0.3, -0.25) is 4.79 Å². The Kier molecular flexibility index (Phi) is 4.80. The number of carboxylic acids is 1. The van der Waals surface area contributed by atoms with Gasteiger partial charge >= 0.3 is 5.97 Å². The maximum Gasteiger partial charge on any atom is 0.327 e. The van der Waals surface area contributed by atoms with Crippen LogP contribution in [0.25, 0.3) is 0 Å². The highest BCUT2D eigenvalue weighted by molar-refractivity contribution is 5.97. The second-order valence-electron chi connectivity index (χ2n) is 5.25. The number of nitrogens with one attached hydrogen (secondary N) is 1. The molecule has 114 valence electrons. The lowest BCUT2D eigenvalue weighted by molar-refractivity contribution is -0.142. The second kappa shape index (κ2) is 6.58. The second-order valence-corrected chi connectivity index (χ2v) is 5.25. The summed E-state index contributed by atoms with van der Waals surface area (Å²) in [6, 6.07) is 6.02. The largest absolute Gasteiger partial charge is 0.491 e. The molecule has 1 unspecified atom stereocenters. The third-order valence-electron chi connectivity index (χ3n) is 3.24. The molecule has 1 aliphatic rings. The molecule has 1 fully saturated rings. The Morgan fingerprint density at radius 1 is 1.43 bits per heavy atom. The van der Waals surface area contributed by atoms with Crippen LogP contribution in [0.15, 0.2) is 24.3 Å². The molecular weight excluding hydrogens is 272 g/mol. The molecule has 0 aliphatic carbocycles. The standard InChI is InChI=1S/C15H20N2O4/c1-10(2)21-12-5-3-4-11(8-12)14(18)17-7-6-16-9-13(17)15(19)20/h3-5,8,10,13,16H,6-7,9H2,1-2H3,(H,19,20). The van der Waals surface area contributed by atoms with Gasteiger partial charge in [-0.15, -0.1) is 0 Å². The number of carboxylic acid groups (broad SMARTS) is 1. The molecule has 6 heteroatoms. The van der Waals surface area contributed by atoms with Gasteiger partial charge < -0.3 is 20.1 Å². The lowest BCUT2D eigenvalue weighted by Gasteiger charge is -2.33. The first kappa shape index (κ1) is 15.3. The molecule has 0 saturated carbocycles. The number of benzene rings is 1. The van der Waals surface area contributed by atoms with Crippen molar-refractivity contribution in [2.75, 3.05) is 19.6 Å². The molecular formula is C15H20N2O4. The van der Waals surface area contributed by atoms with E-state index in [9.17, 15) is 14.7 Å². The first-order valence-corrected chi connectivity index (χ1v) is 7.00. The van der Waals surface area contributed by atoms with Crippen molar-refractivity contribution in [2.45, 2.75) is 26.0 Å². The van der Waals surface area contributed by atoms with E-state index in [0.29, 0.717) is 24.4 Å². The summed E-state index contributed by atoms with van der Waals surface area (Å²) in [5.41, 5.74) is 0.446. The van der Waals surface area contributed by atoms with E-state index in [1.54, 1.807) is 24.3 Å². The maximum atomic E-state index is 12.5. The van der Waals surface area contributed by atoms with Crippen LogP contribution in [0.1, 0.15) is 24.2 Å². The maximum absolute atomic E-state index is 12.5. The summed E-state index contributed by atoms with van der Waals surface area (Å²) in [4.78, 5) is 25.2. The number of nitrogens with zero attached hydrogens (tertiary/aromatic N) is 1. The van der Waals surface area contributed by atoms with Gasteiger partial charge in [-0.1, -0.05) is 6.07 Å². The summed E-state index contributed by atoms with van der Waals surface area (Å²) in [6.07, 6.45) is 0.0151. The van der Waals surface area contributed by atoms with Crippen molar-refractivity contribution >= 4 is 11.9 Å². The molecule has 1 aromatic rings. The van der Waals surface area contributed by atoms with Gasteiger partial charge in [-0.05, 0) is 32.0 Å². The molecule has 1 saturated heterocycles. The van der Waals surface area contributed by atoms with E-state index in [1.165, 1.54) is 4.90 Å². The van der Waals surface area contributed by atoms with E-state index in [-0.39, 0.29) is 18.6 Å². The summed E-state index contributed by atoms with van der Waals surface area (Å²) in [5, 5.41) is 12.2. The van der Waals surface area contributed by atoms with Gasteiger partial charge in [0.2, 0.25) is 0 Å². The number of carbonyl (C=O) groups is 2. The van der Waals surface area contributed by atoms with Crippen LogP contribution in [-0.4, -0.2) is 53.7 Å². The molecule has 1 atom stereocenters. The van der Waals surface area contributed by atoms with Crippen molar-refractivity contribution < 1.29 is 19.4 Å². The summed E-state index contributed by atoms with van der Waals surface area (Å²) < 4.78 is 5.57. The zero-order valence-electron chi connectivity index (χ0n) is 12.2. The van der Waals surface area contributed by atoms with Crippen LogP contribution in [0.4, 0.5) is 0 Å². The number of piperazine rings is 1. The van der Waals surface area contributed by atoms with Crippen LogP contribution in [0, 0.1) is 0 Å². The number of hydrogen-bond acceptors (Lipinski definition) is 4. The van der Waals surface area contributed by atoms with E-state index in [0.717, 1.165) is 0 Å². The highest BCUT2D eigenvalue weighted by atomic mass is 16.5.